The zero-order valence-corrected chi connectivity index (χ0v) is 16.2. The van der Waals surface area contributed by atoms with Crippen LogP contribution in [0.2, 0.25) is 0 Å². The molecular formula is C20H28N6O. The van der Waals surface area contributed by atoms with Crippen LogP contribution in [0.1, 0.15) is 37.0 Å². The molecule has 0 radical (unpaired) electrons. The topological polar surface area (TPSA) is 65.5 Å². The molecule has 1 fully saturated rings. The quantitative estimate of drug-likeness (QED) is 0.748. The Morgan fingerprint density at radius 3 is 2.22 bits per heavy atom. The molecule has 0 N–H and O–H groups in total. The van der Waals surface area contributed by atoms with Crippen LogP contribution in [0.3, 0.4) is 0 Å². The Kier molecular flexibility index (Phi) is 6.57. The lowest BCUT2D eigenvalue weighted by atomic mass is 10.2. The summed E-state index contributed by atoms with van der Waals surface area (Å²) < 4.78 is 0. The molecule has 1 amide bonds. The number of carbonyl (C=O) groups excluding carboxylic acids is 1. The highest BCUT2D eigenvalue weighted by Crippen LogP contribution is 2.16. The average Bonchev–Trinajstić information content (AvgIpc) is 2.74. The number of pyridine rings is 1. The second-order valence-electron chi connectivity index (χ2n) is 6.72. The number of hydrogen-bond donors (Lipinski definition) is 0. The SMILES string of the molecule is CCCN(CCC)c1ccc(C(=O)N2CCN(c3ncccn3)CC2)cn1. The van der Waals surface area contributed by atoms with Gasteiger partial charge in [-0.05, 0) is 31.0 Å². The van der Waals surface area contributed by atoms with Gasteiger partial charge < -0.3 is 14.7 Å². The number of nitrogens with zero attached hydrogens (tertiary/aromatic N) is 6. The van der Waals surface area contributed by atoms with E-state index in [1.807, 2.05) is 23.1 Å². The van der Waals surface area contributed by atoms with Gasteiger partial charge in [0.25, 0.3) is 5.91 Å². The lowest BCUT2D eigenvalue weighted by Gasteiger charge is -2.34. The number of anilines is 2. The zero-order chi connectivity index (χ0) is 19.1. The van der Waals surface area contributed by atoms with Crippen molar-refractivity contribution < 1.29 is 4.79 Å². The highest BCUT2D eigenvalue weighted by molar-refractivity contribution is 5.94. The Hall–Kier alpha value is -2.70. The minimum absolute atomic E-state index is 0.0419. The summed E-state index contributed by atoms with van der Waals surface area (Å²) in [5.41, 5.74) is 0.649. The average molecular weight is 368 g/mol. The molecular weight excluding hydrogens is 340 g/mol. The summed E-state index contributed by atoms with van der Waals surface area (Å²) in [7, 11) is 0. The third kappa shape index (κ3) is 4.72. The first-order valence-electron chi connectivity index (χ1n) is 9.75. The van der Waals surface area contributed by atoms with Crippen LogP contribution in [0, 0.1) is 0 Å². The summed E-state index contributed by atoms with van der Waals surface area (Å²) in [5.74, 6) is 1.71. The minimum Gasteiger partial charge on any atom is -0.357 e. The molecule has 144 valence electrons. The zero-order valence-electron chi connectivity index (χ0n) is 16.2. The Morgan fingerprint density at radius 2 is 1.67 bits per heavy atom. The molecule has 7 nitrogen and oxygen atoms in total. The Morgan fingerprint density at radius 1 is 1.00 bits per heavy atom. The summed E-state index contributed by atoms with van der Waals surface area (Å²) in [4.78, 5) is 32.2. The van der Waals surface area contributed by atoms with E-state index in [2.05, 4.69) is 38.6 Å². The third-order valence-corrected chi connectivity index (χ3v) is 4.71. The van der Waals surface area contributed by atoms with E-state index in [0.717, 1.165) is 50.8 Å². The van der Waals surface area contributed by atoms with Gasteiger partial charge in [-0.15, -0.1) is 0 Å². The van der Waals surface area contributed by atoms with Gasteiger partial charge in [0.05, 0.1) is 5.56 Å². The lowest BCUT2D eigenvalue weighted by molar-refractivity contribution is 0.0746. The molecule has 1 saturated heterocycles. The number of carbonyl (C=O) groups is 1. The van der Waals surface area contributed by atoms with E-state index in [0.29, 0.717) is 18.7 Å². The molecule has 1 aliphatic rings. The maximum absolute atomic E-state index is 12.8. The van der Waals surface area contributed by atoms with Gasteiger partial charge in [-0.1, -0.05) is 13.8 Å². The van der Waals surface area contributed by atoms with Gasteiger partial charge in [-0.25, -0.2) is 15.0 Å². The lowest BCUT2D eigenvalue weighted by Crippen LogP contribution is -2.49. The summed E-state index contributed by atoms with van der Waals surface area (Å²) in [5, 5.41) is 0. The van der Waals surface area contributed by atoms with Crippen LogP contribution >= 0.6 is 0 Å². The Labute approximate surface area is 161 Å². The van der Waals surface area contributed by atoms with Crippen molar-refractivity contribution in [2.75, 3.05) is 49.1 Å². The van der Waals surface area contributed by atoms with Crippen molar-refractivity contribution in [3.63, 3.8) is 0 Å². The summed E-state index contributed by atoms with van der Waals surface area (Å²) in [6.45, 7) is 9.11. The number of rotatable bonds is 7. The highest BCUT2D eigenvalue weighted by atomic mass is 16.2. The molecule has 0 saturated carbocycles. The number of piperazine rings is 1. The van der Waals surface area contributed by atoms with Crippen molar-refractivity contribution in [2.24, 2.45) is 0 Å². The predicted molar refractivity (Wildman–Crippen MR) is 107 cm³/mol. The van der Waals surface area contributed by atoms with Gasteiger partial charge in [0.2, 0.25) is 5.95 Å². The standard InChI is InChI=1S/C20H28N6O/c1-3-10-24(11-4-2)18-7-6-17(16-23-18)19(27)25-12-14-26(15-13-25)20-21-8-5-9-22-20/h5-9,16H,3-4,10-15H2,1-2H3. The van der Waals surface area contributed by atoms with Gasteiger partial charge in [-0.2, -0.15) is 0 Å². The fourth-order valence-electron chi connectivity index (χ4n) is 3.33. The van der Waals surface area contributed by atoms with E-state index in [-0.39, 0.29) is 5.91 Å². The van der Waals surface area contributed by atoms with E-state index >= 15 is 0 Å². The van der Waals surface area contributed by atoms with Gasteiger partial charge in [0, 0.05) is 57.9 Å². The van der Waals surface area contributed by atoms with E-state index in [4.69, 9.17) is 0 Å². The molecule has 0 aliphatic carbocycles. The number of amides is 1. The molecule has 27 heavy (non-hydrogen) atoms. The normalized spacial score (nSPS) is 14.3. The van der Waals surface area contributed by atoms with Crippen molar-refractivity contribution in [3.8, 4) is 0 Å². The molecule has 0 atom stereocenters. The van der Waals surface area contributed by atoms with E-state index < -0.39 is 0 Å². The molecule has 7 heteroatoms. The fourth-order valence-corrected chi connectivity index (χ4v) is 3.33. The van der Waals surface area contributed by atoms with Crippen LogP contribution in [0.4, 0.5) is 11.8 Å². The van der Waals surface area contributed by atoms with Crippen LogP contribution in [-0.4, -0.2) is 65.0 Å². The van der Waals surface area contributed by atoms with Gasteiger partial charge in [0.1, 0.15) is 5.82 Å². The Balaban J connectivity index is 1.60. The van der Waals surface area contributed by atoms with Gasteiger partial charge in [-0.3, -0.25) is 4.79 Å². The summed E-state index contributed by atoms with van der Waals surface area (Å²) in [6, 6.07) is 5.67. The van der Waals surface area contributed by atoms with Crippen LogP contribution in [0.25, 0.3) is 0 Å². The number of hydrogen-bond acceptors (Lipinski definition) is 6. The van der Waals surface area contributed by atoms with E-state index in [1.54, 1.807) is 18.6 Å². The fraction of sp³-hybridized carbons (Fsp3) is 0.500. The first-order chi connectivity index (χ1) is 13.2. The molecule has 0 bridgehead atoms. The first-order valence-corrected chi connectivity index (χ1v) is 9.75. The smallest absolute Gasteiger partial charge is 0.255 e. The van der Waals surface area contributed by atoms with Crippen molar-refractivity contribution in [1.29, 1.82) is 0 Å². The van der Waals surface area contributed by atoms with Crippen LogP contribution in [0.15, 0.2) is 36.8 Å². The Bertz CT molecular complexity index is 707. The van der Waals surface area contributed by atoms with Crippen molar-refractivity contribution in [2.45, 2.75) is 26.7 Å². The second kappa shape index (κ2) is 9.30. The maximum atomic E-state index is 12.8. The van der Waals surface area contributed by atoms with Crippen LogP contribution in [-0.2, 0) is 0 Å². The predicted octanol–water partition coefficient (Wildman–Crippen LogP) is 2.46. The summed E-state index contributed by atoms with van der Waals surface area (Å²) in [6.07, 6.45) is 7.36. The molecule has 0 unspecified atom stereocenters. The van der Waals surface area contributed by atoms with Crippen LogP contribution < -0.4 is 9.80 Å². The first kappa shape index (κ1) is 19.1. The molecule has 3 heterocycles. The largest absolute Gasteiger partial charge is 0.357 e. The molecule has 3 rings (SSSR count). The van der Waals surface area contributed by atoms with Crippen molar-refractivity contribution in [3.05, 3.63) is 42.4 Å². The summed E-state index contributed by atoms with van der Waals surface area (Å²) >= 11 is 0. The monoisotopic (exact) mass is 368 g/mol. The molecule has 2 aromatic rings. The second-order valence-corrected chi connectivity index (χ2v) is 6.72. The van der Waals surface area contributed by atoms with Gasteiger partial charge >= 0.3 is 0 Å². The van der Waals surface area contributed by atoms with E-state index in [9.17, 15) is 4.79 Å². The third-order valence-electron chi connectivity index (χ3n) is 4.71. The molecule has 2 aromatic heterocycles. The van der Waals surface area contributed by atoms with Crippen molar-refractivity contribution >= 4 is 17.7 Å². The number of aromatic nitrogens is 3. The van der Waals surface area contributed by atoms with E-state index in [1.165, 1.54) is 0 Å². The highest BCUT2D eigenvalue weighted by Gasteiger charge is 2.23. The minimum atomic E-state index is 0.0419. The van der Waals surface area contributed by atoms with Crippen molar-refractivity contribution in [1.82, 2.24) is 19.9 Å². The molecule has 0 aromatic carbocycles. The van der Waals surface area contributed by atoms with Gasteiger partial charge in [0.15, 0.2) is 0 Å². The molecule has 1 aliphatic heterocycles. The maximum Gasteiger partial charge on any atom is 0.255 e. The molecule has 0 spiro atoms. The van der Waals surface area contributed by atoms with Crippen LogP contribution in [0.5, 0.6) is 0 Å².